The van der Waals surface area contributed by atoms with Crippen LogP contribution in [0.2, 0.25) is 0 Å². The molecule has 0 atom stereocenters. The first kappa shape index (κ1) is 13.9. The van der Waals surface area contributed by atoms with E-state index >= 15 is 0 Å². The van der Waals surface area contributed by atoms with Crippen molar-refractivity contribution in [1.82, 2.24) is 24.7 Å². The van der Waals surface area contributed by atoms with Gasteiger partial charge in [-0.25, -0.2) is 9.97 Å². The second-order valence-electron chi connectivity index (χ2n) is 4.79. The van der Waals surface area contributed by atoms with Gasteiger partial charge in [0.2, 0.25) is 0 Å². The lowest BCUT2D eigenvalue weighted by atomic mass is 10.3. The van der Waals surface area contributed by atoms with Crippen LogP contribution in [-0.4, -0.2) is 30.6 Å². The quantitative estimate of drug-likeness (QED) is 0.797. The van der Waals surface area contributed by atoms with E-state index in [9.17, 15) is 4.79 Å². The molecule has 3 heterocycles. The largest absolute Gasteiger partial charge is 0.305 e. The molecule has 22 heavy (non-hydrogen) atoms. The summed E-state index contributed by atoms with van der Waals surface area (Å²) < 4.78 is 1.79. The highest BCUT2D eigenvalue weighted by molar-refractivity contribution is 6.02. The Bertz CT molecular complexity index is 809. The number of nitrogens with one attached hydrogen (secondary N) is 1. The first-order valence-corrected chi connectivity index (χ1v) is 6.71. The van der Waals surface area contributed by atoms with E-state index in [0.29, 0.717) is 11.6 Å². The minimum atomic E-state index is -0.348. The van der Waals surface area contributed by atoms with E-state index in [1.54, 1.807) is 41.4 Å². The van der Waals surface area contributed by atoms with Crippen molar-refractivity contribution in [2.45, 2.75) is 13.8 Å². The van der Waals surface area contributed by atoms with Crippen LogP contribution in [0.4, 0.5) is 5.82 Å². The summed E-state index contributed by atoms with van der Waals surface area (Å²) in [7, 11) is 0. The van der Waals surface area contributed by atoms with Gasteiger partial charge in [0.05, 0.1) is 0 Å². The molecule has 7 heteroatoms. The number of amides is 1. The van der Waals surface area contributed by atoms with Crippen molar-refractivity contribution in [3.05, 3.63) is 59.9 Å². The number of carbonyl (C=O) groups excluding carboxylic acids is 1. The third kappa shape index (κ3) is 2.83. The number of nitrogens with zero attached hydrogens (tertiary/aromatic N) is 5. The van der Waals surface area contributed by atoms with E-state index < -0.39 is 0 Å². The van der Waals surface area contributed by atoms with Crippen LogP contribution in [0.25, 0.3) is 5.82 Å². The minimum absolute atomic E-state index is 0.227. The van der Waals surface area contributed by atoms with Gasteiger partial charge >= 0.3 is 0 Å². The van der Waals surface area contributed by atoms with E-state index in [-0.39, 0.29) is 11.6 Å². The summed E-state index contributed by atoms with van der Waals surface area (Å²) in [4.78, 5) is 20.3. The van der Waals surface area contributed by atoms with Gasteiger partial charge in [0, 0.05) is 18.6 Å². The molecular formula is C15H14N6O. The lowest BCUT2D eigenvalue weighted by molar-refractivity contribution is 0.102. The molecule has 1 N–H and O–H groups in total. The Morgan fingerprint density at radius 3 is 2.59 bits per heavy atom. The standard InChI is InChI=1S/C15H14N6O/c1-10-5-6-17-13(9-10)18-15(22)12-3-4-14(20-19-12)21-8-7-16-11(21)2/h3-9H,1-2H3,(H,17,18,22). The van der Waals surface area contributed by atoms with Crippen molar-refractivity contribution in [1.29, 1.82) is 0 Å². The highest BCUT2D eigenvalue weighted by Crippen LogP contribution is 2.09. The minimum Gasteiger partial charge on any atom is -0.305 e. The summed E-state index contributed by atoms with van der Waals surface area (Å²) in [5.41, 5.74) is 1.24. The molecule has 0 bridgehead atoms. The number of hydrogen-bond donors (Lipinski definition) is 1. The molecule has 0 fully saturated rings. The zero-order valence-corrected chi connectivity index (χ0v) is 12.2. The Balaban J connectivity index is 1.78. The predicted octanol–water partition coefficient (Wildman–Crippen LogP) is 1.93. The van der Waals surface area contributed by atoms with Crippen molar-refractivity contribution in [2.75, 3.05) is 5.32 Å². The monoisotopic (exact) mass is 294 g/mol. The molecule has 0 radical (unpaired) electrons. The molecule has 0 spiro atoms. The Morgan fingerprint density at radius 1 is 1.09 bits per heavy atom. The van der Waals surface area contributed by atoms with Gasteiger partial charge in [-0.05, 0) is 43.7 Å². The number of carbonyl (C=O) groups is 1. The lowest BCUT2D eigenvalue weighted by Gasteiger charge is -2.06. The first-order valence-electron chi connectivity index (χ1n) is 6.71. The summed E-state index contributed by atoms with van der Waals surface area (Å²) in [5.74, 6) is 1.55. The molecule has 7 nitrogen and oxygen atoms in total. The van der Waals surface area contributed by atoms with Crippen LogP contribution in [0, 0.1) is 13.8 Å². The molecule has 0 aliphatic heterocycles. The topological polar surface area (TPSA) is 85.6 Å². The predicted molar refractivity (Wildman–Crippen MR) is 80.8 cm³/mol. The Morgan fingerprint density at radius 2 is 1.95 bits per heavy atom. The molecule has 0 unspecified atom stereocenters. The number of anilines is 1. The molecule has 0 aromatic carbocycles. The van der Waals surface area contributed by atoms with Crippen molar-refractivity contribution in [3.63, 3.8) is 0 Å². The number of pyridine rings is 1. The molecule has 1 amide bonds. The van der Waals surface area contributed by atoms with Gasteiger partial charge in [0.25, 0.3) is 5.91 Å². The maximum atomic E-state index is 12.1. The molecule has 3 aromatic rings. The van der Waals surface area contributed by atoms with Gasteiger partial charge in [0.1, 0.15) is 11.6 Å². The van der Waals surface area contributed by atoms with Crippen molar-refractivity contribution in [3.8, 4) is 5.82 Å². The summed E-state index contributed by atoms with van der Waals surface area (Å²) in [6.07, 6.45) is 5.11. The van der Waals surface area contributed by atoms with Crippen molar-refractivity contribution < 1.29 is 4.79 Å². The van der Waals surface area contributed by atoms with Crippen LogP contribution >= 0.6 is 0 Å². The number of rotatable bonds is 3. The van der Waals surface area contributed by atoms with Gasteiger partial charge < -0.3 is 5.32 Å². The van der Waals surface area contributed by atoms with Crippen LogP contribution in [0.3, 0.4) is 0 Å². The average molecular weight is 294 g/mol. The summed E-state index contributed by atoms with van der Waals surface area (Å²) in [5, 5.41) is 10.7. The fourth-order valence-corrected chi connectivity index (χ4v) is 1.98. The van der Waals surface area contributed by atoms with Gasteiger partial charge in [-0.1, -0.05) is 0 Å². The maximum Gasteiger partial charge on any atom is 0.277 e. The summed E-state index contributed by atoms with van der Waals surface area (Å²) in [6, 6.07) is 6.99. The molecular weight excluding hydrogens is 280 g/mol. The van der Waals surface area contributed by atoms with Crippen LogP contribution in [0.5, 0.6) is 0 Å². The fraction of sp³-hybridized carbons (Fsp3) is 0.133. The fourth-order valence-electron chi connectivity index (χ4n) is 1.98. The molecule has 3 rings (SSSR count). The highest BCUT2D eigenvalue weighted by Gasteiger charge is 2.10. The SMILES string of the molecule is Cc1ccnc(NC(=O)c2ccc(-n3ccnc3C)nn2)c1. The Labute approximate surface area is 127 Å². The van der Waals surface area contributed by atoms with E-state index in [2.05, 4.69) is 25.5 Å². The van der Waals surface area contributed by atoms with Crippen LogP contribution in [-0.2, 0) is 0 Å². The lowest BCUT2D eigenvalue weighted by Crippen LogP contribution is -2.16. The molecule has 3 aromatic heterocycles. The Kier molecular flexibility index (Phi) is 3.61. The van der Waals surface area contributed by atoms with E-state index in [0.717, 1.165) is 11.4 Å². The number of hydrogen-bond acceptors (Lipinski definition) is 5. The van der Waals surface area contributed by atoms with Gasteiger partial charge in [-0.3, -0.25) is 9.36 Å². The van der Waals surface area contributed by atoms with E-state index in [1.165, 1.54) is 0 Å². The van der Waals surface area contributed by atoms with E-state index in [4.69, 9.17) is 0 Å². The molecule has 0 saturated heterocycles. The zero-order valence-electron chi connectivity index (χ0n) is 12.2. The maximum absolute atomic E-state index is 12.1. The molecule has 0 aliphatic carbocycles. The number of aromatic nitrogens is 5. The van der Waals surface area contributed by atoms with Gasteiger partial charge in [0.15, 0.2) is 11.5 Å². The Hall–Kier alpha value is -3.09. The van der Waals surface area contributed by atoms with E-state index in [1.807, 2.05) is 19.9 Å². The third-order valence-electron chi connectivity index (χ3n) is 3.11. The average Bonchev–Trinajstić information content (AvgIpc) is 2.93. The summed E-state index contributed by atoms with van der Waals surface area (Å²) in [6.45, 7) is 3.80. The van der Waals surface area contributed by atoms with Crippen LogP contribution in [0.15, 0.2) is 42.9 Å². The van der Waals surface area contributed by atoms with Crippen molar-refractivity contribution >= 4 is 11.7 Å². The molecule has 0 saturated carbocycles. The molecule has 0 aliphatic rings. The third-order valence-corrected chi connectivity index (χ3v) is 3.11. The zero-order chi connectivity index (χ0) is 15.5. The van der Waals surface area contributed by atoms with Gasteiger partial charge in [-0.15, -0.1) is 10.2 Å². The normalized spacial score (nSPS) is 10.5. The second-order valence-corrected chi connectivity index (χ2v) is 4.79. The summed E-state index contributed by atoms with van der Waals surface area (Å²) >= 11 is 0. The first-order chi connectivity index (χ1) is 10.6. The smallest absolute Gasteiger partial charge is 0.277 e. The second kappa shape index (κ2) is 5.72. The molecule has 110 valence electrons. The van der Waals surface area contributed by atoms with Gasteiger partial charge in [-0.2, -0.15) is 0 Å². The van der Waals surface area contributed by atoms with Crippen molar-refractivity contribution in [2.24, 2.45) is 0 Å². The van der Waals surface area contributed by atoms with Crippen LogP contribution in [0.1, 0.15) is 21.9 Å². The number of aryl methyl sites for hydroxylation is 2. The highest BCUT2D eigenvalue weighted by atomic mass is 16.2. The number of imidazole rings is 1. The van der Waals surface area contributed by atoms with Crippen LogP contribution < -0.4 is 5.32 Å².